The molecule has 4 N–H and O–H groups in total. The number of carbonyl (C=O) groups excluding carboxylic acids is 1. The van der Waals surface area contributed by atoms with Crippen molar-refractivity contribution >= 4 is 23.1 Å². The number of hydrogen-bond donors (Lipinski definition) is 3. The average molecular weight is 252 g/mol. The zero-order chi connectivity index (χ0) is 12.3. The van der Waals surface area contributed by atoms with Crippen LogP contribution in [-0.2, 0) is 11.3 Å². The van der Waals surface area contributed by atoms with Crippen LogP contribution in [0.5, 0.6) is 0 Å². The minimum atomic E-state index is -0.626. The molecule has 1 fully saturated rings. The van der Waals surface area contributed by atoms with Crippen LogP contribution in [0.2, 0.25) is 0 Å². The van der Waals surface area contributed by atoms with E-state index in [1.54, 1.807) is 12.4 Å². The highest BCUT2D eigenvalue weighted by molar-refractivity contribution is 7.80. The summed E-state index contributed by atoms with van der Waals surface area (Å²) in [5, 5.41) is 9.41. The van der Waals surface area contributed by atoms with Gasteiger partial charge in [-0.2, -0.15) is 5.10 Å². The van der Waals surface area contributed by atoms with Crippen molar-refractivity contribution in [1.29, 1.82) is 0 Å². The molecule has 0 atom stereocenters. The molecule has 0 aliphatic heterocycles. The molecule has 0 bridgehead atoms. The Morgan fingerprint density at radius 3 is 2.82 bits per heavy atom. The third kappa shape index (κ3) is 2.31. The van der Waals surface area contributed by atoms with Crippen molar-refractivity contribution in [3.05, 3.63) is 18.0 Å². The van der Waals surface area contributed by atoms with Gasteiger partial charge in [-0.25, -0.2) is 0 Å². The summed E-state index contributed by atoms with van der Waals surface area (Å²) < 4.78 is 0. The van der Waals surface area contributed by atoms with E-state index in [-0.39, 0.29) is 5.91 Å². The van der Waals surface area contributed by atoms with E-state index in [1.807, 2.05) is 0 Å². The number of nitrogens with two attached hydrogens (primary N) is 1. The lowest BCUT2D eigenvalue weighted by Crippen LogP contribution is -2.46. The van der Waals surface area contributed by atoms with Gasteiger partial charge in [-0.15, -0.1) is 0 Å². The van der Waals surface area contributed by atoms with Gasteiger partial charge < -0.3 is 11.1 Å². The summed E-state index contributed by atoms with van der Waals surface area (Å²) in [6.45, 7) is 0.458. The Labute approximate surface area is 105 Å². The SMILES string of the molecule is NC(=S)C1(C(=O)NCc2cn[nH]c2)CCCC1. The van der Waals surface area contributed by atoms with E-state index < -0.39 is 5.41 Å². The molecular formula is C11H16N4OS. The molecule has 6 heteroatoms. The van der Waals surface area contributed by atoms with Crippen LogP contribution >= 0.6 is 12.2 Å². The smallest absolute Gasteiger partial charge is 0.233 e. The van der Waals surface area contributed by atoms with E-state index in [1.165, 1.54) is 0 Å². The number of rotatable bonds is 4. The molecule has 0 unspecified atom stereocenters. The number of hydrogen-bond acceptors (Lipinski definition) is 3. The maximum Gasteiger partial charge on any atom is 0.233 e. The van der Waals surface area contributed by atoms with Crippen molar-refractivity contribution in [3.8, 4) is 0 Å². The molecule has 0 aromatic carbocycles. The summed E-state index contributed by atoms with van der Waals surface area (Å²) in [5.41, 5.74) is 6.05. The second-order valence-electron chi connectivity index (χ2n) is 4.44. The van der Waals surface area contributed by atoms with Crippen molar-refractivity contribution in [2.24, 2.45) is 11.1 Å². The Hall–Kier alpha value is -1.43. The number of nitrogens with zero attached hydrogens (tertiary/aromatic N) is 1. The van der Waals surface area contributed by atoms with Crippen molar-refractivity contribution in [2.75, 3.05) is 0 Å². The van der Waals surface area contributed by atoms with Crippen LogP contribution in [0.25, 0.3) is 0 Å². The Morgan fingerprint density at radius 2 is 2.29 bits per heavy atom. The fourth-order valence-corrected chi connectivity index (χ4v) is 2.59. The monoisotopic (exact) mass is 252 g/mol. The summed E-state index contributed by atoms with van der Waals surface area (Å²) in [6.07, 6.45) is 6.98. The summed E-state index contributed by atoms with van der Waals surface area (Å²) >= 11 is 5.06. The molecule has 1 saturated carbocycles. The van der Waals surface area contributed by atoms with Gasteiger partial charge in [0.25, 0.3) is 0 Å². The van der Waals surface area contributed by atoms with Gasteiger partial charge in [-0.05, 0) is 12.8 Å². The zero-order valence-electron chi connectivity index (χ0n) is 9.53. The van der Waals surface area contributed by atoms with Crippen LogP contribution in [0.1, 0.15) is 31.2 Å². The van der Waals surface area contributed by atoms with Crippen LogP contribution in [0.15, 0.2) is 12.4 Å². The lowest BCUT2D eigenvalue weighted by atomic mass is 9.85. The van der Waals surface area contributed by atoms with Gasteiger partial charge in [0.15, 0.2) is 0 Å². The van der Waals surface area contributed by atoms with Crippen molar-refractivity contribution in [2.45, 2.75) is 32.2 Å². The molecule has 2 rings (SSSR count). The summed E-state index contributed by atoms with van der Waals surface area (Å²) in [5.74, 6) is -0.0521. The Morgan fingerprint density at radius 1 is 1.59 bits per heavy atom. The van der Waals surface area contributed by atoms with E-state index in [2.05, 4.69) is 15.5 Å². The molecule has 1 aromatic rings. The lowest BCUT2D eigenvalue weighted by Gasteiger charge is -2.26. The molecule has 92 valence electrons. The van der Waals surface area contributed by atoms with Crippen LogP contribution in [-0.4, -0.2) is 21.1 Å². The number of carbonyl (C=O) groups is 1. The third-order valence-electron chi connectivity index (χ3n) is 3.37. The summed E-state index contributed by atoms with van der Waals surface area (Å²) in [4.78, 5) is 12.5. The molecule has 1 aromatic heterocycles. The molecule has 1 aliphatic rings. The minimum Gasteiger partial charge on any atom is -0.392 e. The number of nitrogens with one attached hydrogen (secondary N) is 2. The third-order valence-corrected chi connectivity index (χ3v) is 3.76. The zero-order valence-corrected chi connectivity index (χ0v) is 10.3. The molecule has 0 radical (unpaired) electrons. The Balaban J connectivity index is 2.00. The molecule has 1 amide bonds. The second-order valence-corrected chi connectivity index (χ2v) is 4.88. The van der Waals surface area contributed by atoms with E-state index in [0.29, 0.717) is 11.5 Å². The second kappa shape index (κ2) is 4.83. The molecule has 17 heavy (non-hydrogen) atoms. The largest absolute Gasteiger partial charge is 0.392 e. The highest BCUT2D eigenvalue weighted by atomic mass is 32.1. The quantitative estimate of drug-likeness (QED) is 0.694. The van der Waals surface area contributed by atoms with Gasteiger partial charge in [0.2, 0.25) is 5.91 Å². The van der Waals surface area contributed by atoms with E-state index in [9.17, 15) is 4.79 Å². The molecule has 1 heterocycles. The molecular weight excluding hydrogens is 236 g/mol. The summed E-state index contributed by atoms with van der Waals surface area (Å²) in [6, 6.07) is 0. The van der Waals surface area contributed by atoms with Crippen molar-refractivity contribution in [3.63, 3.8) is 0 Å². The van der Waals surface area contributed by atoms with Crippen LogP contribution in [0, 0.1) is 5.41 Å². The number of amides is 1. The highest BCUT2D eigenvalue weighted by Gasteiger charge is 2.43. The molecule has 5 nitrogen and oxygen atoms in total. The van der Waals surface area contributed by atoms with Crippen molar-refractivity contribution < 1.29 is 4.79 Å². The van der Waals surface area contributed by atoms with Gasteiger partial charge in [0.05, 0.1) is 16.6 Å². The average Bonchev–Trinajstić information content (AvgIpc) is 2.97. The van der Waals surface area contributed by atoms with Gasteiger partial charge in [0, 0.05) is 18.3 Å². The molecule has 0 saturated heterocycles. The standard InChI is InChI=1S/C11H16N4OS/c12-9(17)11(3-1-2-4-11)10(16)13-5-8-6-14-15-7-8/h6-7H,1-5H2,(H2,12,17)(H,13,16)(H,14,15). The maximum atomic E-state index is 12.2. The predicted octanol–water partition coefficient (Wildman–Crippen LogP) is 0.872. The minimum absolute atomic E-state index is 0.0521. The van der Waals surface area contributed by atoms with Gasteiger partial charge in [-0.1, -0.05) is 25.1 Å². The Kier molecular flexibility index (Phi) is 3.42. The van der Waals surface area contributed by atoms with E-state index >= 15 is 0 Å². The number of thiocarbonyl (C=S) groups is 1. The molecule has 0 spiro atoms. The van der Waals surface area contributed by atoms with Crippen LogP contribution < -0.4 is 11.1 Å². The fourth-order valence-electron chi connectivity index (χ4n) is 2.29. The van der Waals surface area contributed by atoms with Gasteiger partial charge >= 0.3 is 0 Å². The first kappa shape index (κ1) is 12.0. The number of aromatic nitrogens is 2. The van der Waals surface area contributed by atoms with Gasteiger partial charge in [0.1, 0.15) is 0 Å². The van der Waals surface area contributed by atoms with Gasteiger partial charge in [-0.3, -0.25) is 9.89 Å². The van der Waals surface area contributed by atoms with E-state index in [0.717, 1.165) is 31.2 Å². The first-order chi connectivity index (χ1) is 8.15. The van der Waals surface area contributed by atoms with E-state index in [4.69, 9.17) is 18.0 Å². The highest BCUT2D eigenvalue weighted by Crippen LogP contribution is 2.38. The van der Waals surface area contributed by atoms with Crippen LogP contribution in [0.3, 0.4) is 0 Å². The van der Waals surface area contributed by atoms with Crippen molar-refractivity contribution in [1.82, 2.24) is 15.5 Å². The topological polar surface area (TPSA) is 83.8 Å². The normalized spacial score (nSPS) is 17.9. The number of aromatic amines is 1. The maximum absolute atomic E-state index is 12.2. The van der Waals surface area contributed by atoms with Crippen LogP contribution in [0.4, 0.5) is 0 Å². The lowest BCUT2D eigenvalue weighted by molar-refractivity contribution is -0.127. The fraction of sp³-hybridized carbons (Fsp3) is 0.545. The summed E-state index contributed by atoms with van der Waals surface area (Å²) in [7, 11) is 0. The predicted molar refractivity (Wildman–Crippen MR) is 68.1 cm³/mol. The first-order valence-corrected chi connectivity index (χ1v) is 6.12. The Bertz CT molecular complexity index is 409. The first-order valence-electron chi connectivity index (χ1n) is 5.71. The number of H-pyrrole nitrogens is 1. The molecule has 1 aliphatic carbocycles.